The Morgan fingerprint density at radius 2 is 1.67 bits per heavy atom. The maximum absolute atomic E-state index is 15.7. The van der Waals surface area contributed by atoms with Crippen LogP contribution in [0, 0.1) is 11.6 Å². The summed E-state index contributed by atoms with van der Waals surface area (Å²) in [6.07, 6.45) is -3.37. The van der Waals surface area contributed by atoms with Crippen molar-refractivity contribution in [2.45, 2.75) is 45.2 Å². The van der Waals surface area contributed by atoms with E-state index in [1.54, 1.807) is 12.1 Å². The molecule has 2 aliphatic rings. The van der Waals surface area contributed by atoms with Crippen LogP contribution in [0.2, 0.25) is 0 Å². The van der Waals surface area contributed by atoms with Crippen LogP contribution in [0.15, 0.2) is 48.7 Å². The summed E-state index contributed by atoms with van der Waals surface area (Å²) >= 11 is 0. The number of benzene rings is 2. The number of rotatable bonds is 5. The largest absolute Gasteiger partial charge is 0.417 e. The number of pyridine rings is 1. The van der Waals surface area contributed by atoms with Gasteiger partial charge < -0.3 is 24.8 Å². The number of carbonyl (C=O) groups excluding carboxylic acids is 1. The van der Waals surface area contributed by atoms with E-state index < -0.39 is 34.8 Å². The van der Waals surface area contributed by atoms with Gasteiger partial charge in [-0.15, -0.1) is 0 Å². The summed E-state index contributed by atoms with van der Waals surface area (Å²) in [5, 5.41) is 2.57. The minimum absolute atomic E-state index is 0.0256. The topological polar surface area (TPSA) is 60.9 Å². The Morgan fingerprint density at radius 1 is 0.953 bits per heavy atom. The zero-order chi connectivity index (χ0) is 31.1. The van der Waals surface area contributed by atoms with E-state index >= 15 is 4.39 Å². The summed E-state index contributed by atoms with van der Waals surface area (Å²) in [4.78, 5) is 23.9. The van der Waals surface area contributed by atoms with E-state index in [-0.39, 0.29) is 35.6 Å². The van der Waals surface area contributed by atoms with Gasteiger partial charge in [0.1, 0.15) is 17.5 Å². The standard InChI is InChI=1S/C31H34F5N5O2/c1-18-15-40(10-9-39(18)4)28-13-26(33)24(21-5-8-29(37-14-21)41-16-19(2)43-20(3)17-41)12-27(28)38-30(42)23-7-6-22(32)11-25(23)31(34,35)36/h5-8,11-14,18-20H,9-10,15-17H2,1-4H3,(H,38,42). The average Bonchev–Trinajstić information content (AvgIpc) is 2.94. The molecule has 3 heterocycles. The van der Waals surface area contributed by atoms with E-state index in [2.05, 4.69) is 20.1 Å². The molecular formula is C31H34F5N5O2. The molecule has 7 nitrogen and oxygen atoms in total. The summed E-state index contributed by atoms with van der Waals surface area (Å²) in [6.45, 7) is 8.97. The van der Waals surface area contributed by atoms with Crippen LogP contribution >= 0.6 is 0 Å². The number of morpholine rings is 1. The lowest BCUT2D eigenvalue weighted by atomic mass is 10.0. The molecule has 2 fully saturated rings. The SMILES string of the molecule is CC1CN(c2ccc(-c3cc(NC(=O)c4ccc(F)cc4C(F)(F)F)c(N4CCN(C)C(C)C4)cc3F)cn2)CC(C)O1. The number of likely N-dealkylation sites (N-methyl/N-ethyl adjacent to an activating group) is 1. The van der Waals surface area contributed by atoms with Crippen LogP contribution < -0.4 is 15.1 Å². The minimum Gasteiger partial charge on any atom is -0.372 e. The van der Waals surface area contributed by atoms with Gasteiger partial charge in [0.2, 0.25) is 0 Å². The second-order valence-corrected chi connectivity index (χ2v) is 11.3. The third-order valence-electron chi connectivity index (χ3n) is 7.97. The van der Waals surface area contributed by atoms with Gasteiger partial charge in [-0.05, 0) is 70.3 Å². The molecule has 5 rings (SSSR count). The lowest BCUT2D eigenvalue weighted by Gasteiger charge is -2.39. The average molecular weight is 604 g/mol. The van der Waals surface area contributed by atoms with Crippen LogP contribution in [0.25, 0.3) is 11.1 Å². The van der Waals surface area contributed by atoms with Crippen LogP contribution in [-0.4, -0.2) is 73.8 Å². The van der Waals surface area contributed by atoms with Crippen molar-refractivity contribution in [3.63, 3.8) is 0 Å². The molecule has 0 aliphatic carbocycles. The fourth-order valence-electron chi connectivity index (χ4n) is 5.65. The van der Waals surface area contributed by atoms with Gasteiger partial charge >= 0.3 is 6.18 Å². The molecule has 1 amide bonds. The highest BCUT2D eigenvalue weighted by Crippen LogP contribution is 2.37. The first-order valence-corrected chi connectivity index (χ1v) is 14.1. The number of halogens is 5. The van der Waals surface area contributed by atoms with Crippen LogP contribution in [-0.2, 0) is 10.9 Å². The maximum Gasteiger partial charge on any atom is 0.417 e. The Balaban J connectivity index is 1.52. The maximum atomic E-state index is 15.7. The normalized spacial score (nSPS) is 21.7. The molecule has 12 heteroatoms. The molecule has 0 radical (unpaired) electrons. The Kier molecular flexibility index (Phi) is 8.62. The monoisotopic (exact) mass is 603 g/mol. The highest BCUT2D eigenvalue weighted by Gasteiger charge is 2.36. The molecule has 43 heavy (non-hydrogen) atoms. The molecule has 0 spiro atoms. The predicted octanol–water partition coefficient (Wildman–Crippen LogP) is 6.05. The molecule has 3 aromatic rings. The van der Waals surface area contributed by atoms with Crippen molar-refractivity contribution in [1.82, 2.24) is 9.88 Å². The zero-order valence-corrected chi connectivity index (χ0v) is 24.4. The summed E-state index contributed by atoms with van der Waals surface area (Å²) in [5.74, 6) is -2.06. The van der Waals surface area contributed by atoms with Gasteiger partial charge in [-0.2, -0.15) is 13.2 Å². The first kappa shape index (κ1) is 30.7. The Bertz CT molecular complexity index is 1470. The van der Waals surface area contributed by atoms with Gasteiger partial charge in [-0.1, -0.05) is 0 Å². The second-order valence-electron chi connectivity index (χ2n) is 11.3. The molecule has 2 saturated heterocycles. The van der Waals surface area contributed by atoms with Crippen LogP contribution in [0.4, 0.5) is 39.1 Å². The minimum atomic E-state index is -4.96. The number of anilines is 3. The molecule has 1 N–H and O–H groups in total. The fraction of sp³-hybridized carbons (Fsp3) is 0.419. The molecule has 1 aromatic heterocycles. The third-order valence-corrected chi connectivity index (χ3v) is 7.97. The molecular weight excluding hydrogens is 569 g/mol. The Hall–Kier alpha value is -3.77. The van der Waals surface area contributed by atoms with Gasteiger partial charge in [0.25, 0.3) is 5.91 Å². The van der Waals surface area contributed by atoms with Gasteiger partial charge in [0, 0.05) is 56.1 Å². The number of alkyl halides is 3. The highest BCUT2D eigenvalue weighted by molar-refractivity contribution is 6.07. The van der Waals surface area contributed by atoms with Gasteiger partial charge in [-0.3, -0.25) is 4.79 Å². The first-order chi connectivity index (χ1) is 20.3. The van der Waals surface area contributed by atoms with Crippen molar-refractivity contribution in [3.05, 3.63) is 71.4 Å². The van der Waals surface area contributed by atoms with E-state index in [1.165, 1.54) is 18.3 Å². The molecule has 3 atom stereocenters. The number of aromatic nitrogens is 1. The van der Waals surface area contributed by atoms with Crippen LogP contribution in [0.3, 0.4) is 0 Å². The Morgan fingerprint density at radius 3 is 2.30 bits per heavy atom. The number of hydrogen-bond acceptors (Lipinski definition) is 6. The molecule has 230 valence electrons. The summed E-state index contributed by atoms with van der Waals surface area (Å²) in [7, 11) is 1.97. The number of nitrogens with one attached hydrogen (secondary N) is 1. The molecule has 3 unspecified atom stereocenters. The van der Waals surface area contributed by atoms with Crippen molar-refractivity contribution in [2.24, 2.45) is 0 Å². The van der Waals surface area contributed by atoms with Gasteiger partial charge in [0.15, 0.2) is 0 Å². The molecule has 2 aliphatic heterocycles. The number of piperazine rings is 1. The van der Waals surface area contributed by atoms with Crippen molar-refractivity contribution >= 4 is 23.1 Å². The number of carbonyl (C=O) groups is 1. The van der Waals surface area contributed by atoms with Crippen molar-refractivity contribution < 1.29 is 31.5 Å². The number of amides is 1. The smallest absolute Gasteiger partial charge is 0.372 e. The predicted molar refractivity (Wildman–Crippen MR) is 156 cm³/mol. The van der Waals surface area contributed by atoms with E-state index in [1.807, 2.05) is 32.7 Å². The zero-order valence-electron chi connectivity index (χ0n) is 24.4. The lowest BCUT2D eigenvalue weighted by Crippen LogP contribution is -2.50. The van der Waals surface area contributed by atoms with Crippen LogP contribution in [0.1, 0.15) is 36.7 Å². The van der Waals surface area contributed by atoms with E-state index in [0.717, 1.165) is 12.1 Å². The summed E-state index contributed by atoms with van der Waals surface area (Å²) in [6, 6.07) is 8.19. The van der Waals surface area contributed by atoms with Gasteiger partial charge in [-0.25, -0.2) is 13.8 Å². The third kappa shape index (κ3) is 6.75. The Labute approximate surface area is 247 Å². The second kappa shape index (κ2) is 12.1. The summed E-state index contributed by atoms with van der Waals surface area (Å²) < 4.78 is 76.3. The number of ether oxygens (including phenoxy) is 1. The van der Waals surface area contributed by atoms with Crippen molar-refractivity contribution in [3.8, 4) is 11.1 Å². The molecule has 0 bridgehead atoms. The molecule has 2 aromatic carbocycles. The molecule has 0 saturated carbocycles. The van der Waals surface area contributed by atoms with Crippen molar-refractivity contribution in [2.75, 3.05) is 54.9 Å². The number of nitrogens with zero attached hydrogens (tertiary/aromatic N) is 4. The summed E-state index contributed by atoms with van der Waals surface area (Å²) in [5.41, 5.74) is -1.10. The van der Waals surface area contributed by atoms with Crippen molar-refractivity contribution in [1.29, 1.82) is 0 Å². The fourth-order valence-corrected chi connectivity index (χ4v) is 5.65. The first-order valence-electron chi connectivity index (χ1n) is 14.1. The van der Waals surface area contributed by atoms with E-state index in [4.69, 9.17) is 4.74 Å². The van der Waals surface area contributed by atoms with E-state index in [0.29, 0.717) is 49.8 Å². The number of hydrogen-bond donors (Lipinski definition) is 1. The lowest BCUT2D eigenvalue weighted by molar-refractivity contribution is -0.138. The van der Waals surface area contributed by atoms with E-state index in [9.17, 15) is 22.4 Å². The highest BCUT2D eigenvalue weighted by atomic mass is 19.4. The quantitative estimate of drug-likeness (QED) is 0.359. The van der Waals surface area contributed by atoms with Crippen LogP contribution in [0.5, 0.6) is 0 Å². The van der Waals surface area contributed by atoms with Gasteiger partial charge in [0.05, 0.1) is 34.7 Å².